The molecule has 1 heterocycles. The zero-order chi connectivity index (χ0) is 28.1. The van der Waals surface area contributed by atoms with Gasteiger partial charge in [0.15, 0.2) is 11.3 Å². The summed E-state index contributed by atoms with van der Waals surface area (Å²) in [5.41, 5.74) is -1.81. The van der Waals surface area contributed by atoms with E-state index in [0.717, 1.165) is 12.7 Å². The van der Waals surface area contributed by atoms with E-state index in [1.165, 1.54) is 0 Å². The molecule has 12 heteroatoms. The van der Waals surface area contributed by atoms with Crippen LogP contribution in [0.3, 0.4) is 0 Å². The van der Waals surface area contributed by atoms with E-state index >= 15 is 0 Å². The number of ether oxygens (including phenoxy) is 5. The smallest absolute Gasteiger partial charge is 0.336 e. The van der Waals surface area contributed by atoms with Crippen molar-refractivity contribution in [3.63, 3.8) is 0 Å². The van der Waals surface area contributed by atoms with Crippen molar-refractivity contribution in [3.8, 4) is 0 Å². The molecular weight excluding hydrogens is 549 g/mol. The number of carbonyl (C=O) groups excluding carboxylic acids is 3. The summed E-state index contributed by atoms with van der Waals surface area (Å²) >= 11 is 17.4. The maximum absolute atomic E-state index is 13.2. The monoisotopic (exact) mass is 581 g/mol. The van der Waals surface area contributed by atoms with Gasteiger partial charge in [-0.3, -0.25) is 9.59 Å². The quantitative estimate of drug-likeness (QED) is 0.342. The van der Waals surface area contributed by atoms with Crippen LogP contribution in [0.15, 0.2) is 30.3 Å². The normalized spacial score (nSPS) is 22.6. The first-order valence-electron chi connectivity index (χ1n) is 11.6. The molecule has 9 nitrogen and oxygen atoms in total. The molecule has 1 N–H and O–H groups in total. The molecule has 1 aliphatic heterocycles. The number of hydrogen-bond donors (Lipinski definition) is 1. The predicted octanol–water partition coefficient (Wildman–Crippen LogP) is 4.10. The first-order valence-corrected chi connectivity index (χ1v) is 12.8. The molecule has 1 fully saturated rings. The van der Waals surface area contributed by atoms with Crippen LogP contribution < -0.4 is 5.32 Å². The molecule has 0 bridgehead atoms. The van der Waals surface area contributed by atoms with Gasteiger partial charge in [0, 0.05) is 6.42 Å². The maximum atomic E-state index is 13.2. The van der Waals surface area contributed by atoms with Gasteiger partial charge >= 0.3 is 11.9 Å². The van der Waals surface area contributed by atoms with Crippen molar-refractivity contribution in [1.29, 1.82) is 0 Å². The highest BCUT2D eigenvalue weighted by atomic mass is 35.6. The fourth-order valence-electron chi connectivity index (χ4n) is 3.58. The minimum atomic E-state index is -2.39. The van der Waals surface area contributed by atoms with E-state index in [0.29, 0.717) is 0 Å². The Hall–Kier alpha value is -1.62. The summed E-state index contributed by atoms with van der Waals surface area (Å²) in [6.07, 6.45) is -1.97. The lowest BCUT2D eigenvalue weighted by Crippen LogP contribution is -2.74. The molecule has 3 atom stereocenters. The summed E-state index contributed by atoms with van der Waals surface area (Å²) < 4.78 is 26.2. The molecule has 0 radical (unpaired) electrons. The molecule has 208 valence electrons. The van der Waals surface area contributed by atoms with Gasteiger partial charge in [-0.1, -0.05) is 65.1 Å². The summed E-state index contributed by atoms with van der Waals surface area (Å²) in [6, 6.07) is 9.30. The zero-order valence-electron chi connectivity index (χ0n) is 21.8. The third-order valence-corrected chi connectivity index (χ3v) is 6.10. The molecule has 1 aromatic carbocycles. The molecule has 1 aliphatic rings. The van der Waals surface area contributed by atoms with Gasteiger partial charge in [0.1, 0.15) is 6.10 Å². The Bertz CT molecular complexity index is 945. The van der Waals surface area contributed by atoms with Gasteiger partial charge in [0.05, 0.1) is 38.4 Å². The minimum absolute atomic E-state index is 0.0492. The SMILES string of the molecule is COC(=O)[C@]1(NC(=O)C(Cl)(Cl)Cl)COC(C)(C)O[C@H]1[C@@H](CCOC(=O)C(C)(C)C)OCc1ccccc1. The Morgan fingerprint density at radius 3 is 2.30 bits per heavy atom. The van der Waals surface area contributed by atoms with Crippen molar-refractivity contribution in [2.45, 2.75) is 75.0 Å². The van der Waals surface area contributed by atoms with E-state index in [-0.39, 0.29) is 26.2 Å². The minimum Gasteiger partial charge on any atom is -0.467 e. The van der Waals surface area contributed by atoms with Crippen molar-refractivity contribution in [2.75, 3.05) is 20.3 Å². The second-order valence-corrected chi connectivity index (χ2v) is 12.4. The van der Waals surface area contributed by atoms with Crippen molar-refractivity contribution in [2.24, 2.45) is 5.41 Å². The standard InChI is InChI=1S/C25H34Cl3NO8/c1-22(2,3)20(31)34-13-12-17(35-14-16-10-8-7-9-11-16)18-24(21(32)33-6,15-36-23(4,5)37-18)29-19(30)25(26,27)28/h7-11,17-18H,12-15H2,1-6H3,(H,29,30)/t17-,18+,24+/m1/s1. The molecule has 0 aliphatic carbocycles. The van der Waals surface area contributed by atoms with E-state index in [9.17, 15) is 14.4 Å². The second-order valence-electron chi connectivity index (χ2n) is 10.2. The highest BCUT2D eigenvalue weighted by Gasteiger charge is 2.59. The largest absolute Gasteiger partial charge is 0.467 e. The molecular formula is C25H34Cl3NO8. The molecule has 37 heavy (non-hydrogen) atoms. The van der Waals surface area contributed by atoms with Crippen LogP contribution in [-0.2, 0) is 44.7 Å². The van der Waals surface area contributed by atoms with Crippen molar-refractivity contribution < 1.29 is 38.1 Å². The molecule has 0 spiro atoms. The number of methoxy groups -OCH3 is 1. The number of rotatable bonds is 9. The molecule has 1 amide bonds. The molecule has 0 unspecified atom stereocenters. The van der Waals surface area contributed by atoms with Gasteiger partial charge in [-0.05, 0) is 40.2 Å². The summed E-state index contributed by atoms with van der Waals surface area (Å²) in [7, 11) is 1.15. The molecule has 0 saturated carbocycles. The Kier molecular flexibility index (Phi) is 10.7. The van der Waals surface area contributed by atoms with Crippen molar-refractivity contribution >= 4 is 52.6 Å². The highest BCUT2D eigenvalue weighted by molar-refractivity contribution is 6.76. The van der Waals surface area contributed by atoms with E-state index in [4.69, 9.17) is 58.5 Å². The number of amides is 1. The van der Waals surface area contributed by atoms with Crippen molar-refractivity contribution in [3.05, 3.63) is 35.9 Å². The van der Waals surface area contributed by atoms with Crippen LogP contribution in [0.1, 0.15) is 46.6 Å². The maximum Gasteiger partial charge on any atom is 0.336 e. The Labute approximate surface area is 232 Å². The fraction of sp³-hybridized carbons (Fsp3) is 0.640. The molecule has 1 aromatic rings. The second kappa shape index (κ2) is 12.5. The third kappa shape index (κ3) is 8.70. The van der Waals surface area contributed by atoms with Crippen LogP contribution in [0.4, 0.5) is 0 Å². The van der Waals surface area contributed by atoms with Gasteiger partial charge in [0.25, 0.3) is 9.70 Å². The van der Waals surface area contributed by atoms with E-state index < -0.39 is 50.6 Å². The fourth-order valence-corrected chi connectivity index (χ4v) is 3.72. The van der Waals surface area contributed by atoms with E-state index in [2.05, 4.69) is 5.32 Å². The number of hydrogen-bond acceptors (Lipinski definition) is 8. The molecule has 2 rings (SSSR count). The van der Waals surface area contributed by atoms with Crippen molar-refractivity contribution in [1.82, 2.24) is 5.32 Å². The number of halogens is 3. The number of benzene rings is 1. The Morgan fingerprint density at radius 2 is 1.76 bits per heavy atom. The van der Waals surface area contributed by atoms with Crippen LogP contribution in [-0.4, -0.2) is 65.5 Å². The Balaban J connectivity index is 2.46. The zero-order valence-corrected chi connectivity index (χ0v) is 24.0. The van der Waals surface area contributed by atoms with Gasteiger partial charge in [-0.25, -0.2) is 4.79 Å². The first kappa shape index (κ1) is 31.6. The summed E-state index contributed by atoms with van der Waals surface area (Å²) in [5, 5.41) is 2.47. The van der Waals surface area contributed by atoms with Gasteiger partial charge in [-0.2, -0.15) is 0 Å². The van der Waals surface area contributed by atoms with Crippen LogP contribution in [0.25, 0.3) is 0 Å². The van der Waals surface area contributed by atoms with Gasteiger partial charge in [-0.15, -0.1) is 0 Å². The predicted molar refractivity (Wildman–Crippen MR) is 138 cm³/mol. The van der Waals surface area contributed by atoms with Crippen LogP contribution >= 0.6 is 34.8 Å². The first-order chi connectivity index (χ1) is 17.0. The lowest BCUT2D eigenvalue weighted by molar-refractivity contribution is -0.318. The lowest BCUT2D eigenvalue weighted by Gasteiger charge is -2.49. The van der Waals surface area contributed by atoms with Crippen LogP contribution in [0, 0.1) is 5.41 Å². The van der Waals surface area contributed by atoms with Gasteiger partial charge in [0.2, 0.25) is 0 Å². The number of nitrogens with one attached hydrogen (secondary N) is 1. The van der Waals surface area contributed by atoms with E-state index in [1.54, 1.807) is 34.6 Å². The van der Waals surface area contributed by atoms with E-state index in [1.807, 2.05) is 30.3 Å². The Morgan fingerprint density at radius 1 is 1.14 bits per heavy atom. The average molecular weight is 583 g/mol. The summed E-state index contributed by atoms with van der Waals surface area (Å²) in [4.78, 5) is 38.3. The molecule has 1 saturated heterocycles. The highest BCUT2D eigenvalue weighted by Crippen LogP contribution is 2.36. The summed E-state index contributed by atoms with van der Waals surface area (Å²) in [6.45, 7) is 8.21. The topological polar surface area (TPSA) is 109 Å². The van der Waals surface area contributed by atoms with Crippen LogP contribution in [0.5, 0.6) is 0 Å². The lowest BCUT2D eigenvalue weighted by atomic mass is 9.86. The number of carbonyl (C=O) groups is 3. The van der Waals surface area contributed by atoms with Gasteiger partial charge < -0.3 is 29.0 Å². The average Bonchev–Trinajstić information content (AvgIpc) is 2.81. The van der Waals surface area contributed by atoms with Crippen LogP contribution in [0.2, 0.25) is 0 Å². The molecule has 0 aromatic heterocycles. The number of alkyl halides is 3. The number of esters is 2. The summed E-state index contributed by atoms with van der Waals surface area (Å²) in [5.74, 6) is -3.56. The third-order valence-electron chi connectivity index (χ3n) is 5.58.